The van der Waals surface area contributed by atoms with Crippen molar-refractivity contribution in [3.8, 4) is 5.75 Å². The molecule has 0 aromatic heterocycles. The molecule has 0 N–H and O–H groups in total. The van der Waals surface area contributed by atoms with E-state index in [4.69, 9.17) is 24.8 Å². The molecule has 0 unspecified atom stereocenters. The molecule has 0 amide bonds. The van der Waals surface area contributed by atoms with Crippen molar-refractivity contribution in [2.45, 2.75) is 39.5 Å². The van der Waals surface area contributed by atoms with Crippen LogP contribution in [0.4, 0.5) is 0 Å². The molecule has 22 heavy (non-hydrogen) atoms. The van der Waals surface area contributed by atoms with Crippen LogP contribution in [0, 0.1) is 0 Å². The van der Waals surface area contributed by atoms with Crippen LogP contribution in [-0.2, 0) is 9.53 Å². The first-order chi connectivity index (χ1) is 9.57. The van der Waals surface area contributed by atoms with Crippen LogP contribution in [0.15, 0.2) is 18.2 Å². The van der Waals surface area contributed by atoms with Gasteiger partial charge >= 0.3 is 59.1 Å². The summed E-state index contributed by atoms with van der Waals surface area (Å²) in [6, 6.07) is 6.35. The zero-order chi connectivity index (χ0) is 16.1. The first-order valence-corrected chi connectivity index (χ1v) is 6.28. The Hall–Kier alpha value is 0.570. The van der Waals surface area contributed by atoms with Crippen LogP contribution in [0.2, 0.25) is 0 Å². The second-order valence-electron chi connectivity index (χ2n) is 4.63. The molecule has 0 fully saturated rings. The maximum atomic E-state index is 8.00. The van der Waals surface area contributed by atoms with Crippen LogP contribution in [0.1, 0.15) is 50.7 Å². The molecule has 0 aliphatic carbocycles. The van der Waals surface area contributed by atoms with Gasteiger partial charge in [-0.3, -0.25) is 0 Å². The van der Waals surface area contributed by atoms with E-state index in [1.54, 1.807) is 7.11 Å². The zero-order valence-corrected chi connectivity index (χ0v) is 18.8. The van der Waals surface area contributed by atoms with Crippen LogP contribution in [0.5, 0.6) is 5.75 Å². The number of hydrogen-bond donors (Lipinski definition) is 0. The normalized spacial score (nSPS) is 8.59. The Bertz CT molecular complexity index is 334. The van der Waals surface area contributed by atoms with Crippen molar-refractivity contribution < 1.29 is 83.9 Å². The zero-order valence-electron chi connectivity index (χ0n) is 14.8. The van der Waals surface area contributed by atoms with E-state index >= 15 is 0 Å². The van der Waals surface area contributed by atoms with Gasteiger partial charge in [-0.15, -0.1) is 0 Å². The van der Waals surface area contributed by atoms with Crippen LogP contribution < -0.4 is 74.4 Å². The van der Waals surface area contributed by atoms with Gasteiger partial charge in [0.1, 0.15) is 12.5 Å². The van der Waals surface area contributed by atoms with E-state index in [2.05, 4.69) is 45.9 Å². The molecular formula is C15H24Na2O5. The van der Waals surface area contributed by atoms with Crippen LogP contribution in [0.25, 0.3) is 0 Å². The quantitative estimate of drug-likeness (QED) is 0.235. The van der Waals surface area contributed by atoms with E-state index < -0.39 is 0 Å². The Morgan fingerprint density at radius 2 is 1.36 bits per heavy atom. The number of carbonyl (C=O) groups excluding carboxylic acids is 1. The molecule has 0 radical (unpaired) electrons. The molecule has 7 heteroatoms. The maximum Gasteiger partial charge on any atom is 1.00 e. The third kappa shape index (κ3) is 11.2. The molecule has 1 rings (SSSR count). The number of methoxy groups -OCH3 is 1. The van der Waals surface area contributed by atoms with E-state index in [-0.39, 0.29) is 59.1 Å². The van der Waals surface area contributed by atoms with E-state index in [0.29, 0.717) is 18.6 Å². The minimum atomic E-state index is 0. The number of para-hydroxylation sites is 1. The molecule has 116 valence electrons. The number of hydrogen-bond acceptors (Lipinski definition) is 5. The van der Waals surface area contributed by atoms with Gasteiger partial charge in [0.15, 0.2) is 6.79 Å². The molecule has 0 aliphatic heterocycles. The van der Waals surface area contributed by atoms with Crippen molar-refractivity contribution in [1.29, 1.82) is 0 Å². The Labute approximate surface area is 177 Å². The molecule has 5 nitrogen and oxygen atoms in total. The fraction of sp³-hybridized carbons (Fsp3) is 0.533. The van der Waals surface area contributed by atoms with Gasteiger partial charge in [0.2, 0.25) is 0 Å². The number of rotatable bonds is 5. The molecule has 1 aromatic carbocycles. The van der Waals surface area contributed by atoms with Crippen LogP contribution >= 0.6 is 0 Å². The average molecular weight is 330 g/mol. The van der Waals surface area contributed by atoms with Crippen molar-refractivity contribution in [3.63, 3.8) is 0 Å². The summed E-state index contributed by atoms with van der Waals surface area (Å²) in [5.41, 5.74) is 2.51. The molecule has 0 saturated heterocycles. The average Bonchev–Trinajstić information content (AvgIpc) is 2.48. The molecule has 0 saturated carbocycles. The van der Waals surface area contributed by atoms with E-state index in [9.17, 15) is 0 Å². The van der Waals surface area contributed by atoms with Crippen molar-refractivity contribution in [1.82, 2.24) is 0 Å². The van der Waals surface area contributed by atoms with E-state index in [1.165, 1.54) is 11.1 Å². The third-order valence-corrected chi connectivity index (χ3v) is 2.64. The first-order valence-electron chi connectivity index (χ1n) is 6.28. The molecule has 0 bridgehead atoms. The predicted molar refractivity (Wildman–Crippen MR) is 74.2 cm³/mol. The second-order valence-corrected chi connectivity index (χ2v) is 4.63. The Kier molecular flexibility index (Phi) is 27.2. The molecule has 0 aliphatic rings. The minimum Gasteiger partial charge on any atom is -1.00 e. The van der Waals surface area contributed by atoms with Crippen LogP contribution in [-0.4, -0.2) is 20.7 Å². The summed E-state index contributed by atoms with van der Waals surface area (Å²) in [7, 11) is 1.65. The molecule has 0 spiro atoms. The standard InChI is InChI=1S/C14H22O2.CH2O.2Na.O2/c1-10(2)12-7-6-8-13(11(3)4)14(12)16-9-15-5;1-2;;;1-2/h6-8,10-11H,9H2,1-5H3;1H2;;;/q;;2*+1;-2. The van der Waals surface area contributed by atoms with Gasteiger partial charge in [0.05, 0.1) is 0 Å². The van der Waals surface area contributed by atoms with Gasteiger partial charge in [0.25, 0.3) is 0 Å². The molecule has 0 heterocycles. The minimum absolute atomic E-state index is 0. The van der Waals surface area contributed by atoms with Gasteiger partial charge in [-0.05, 0) is 23.0 Å². The summed E-state index contributed by atoms with van der Waals surface area (Å²) in [6.45, 7) is 11.0. The predicted octanol–water partition coefficient (Wildman–Crippen LogP) is -4.64. The smallest absolute Gasteiger partial charge is 1.00 e. The summed E-state index contributed by atoms with van der Waals surface area (Å²) in [4.78, 5) is 8.00. The summed E-state index contributed by atoms with van der Waals surface area (Å²) in [6.07, 6.45) is 0. The van der Waals surface area contributed by atoms with Gasteiger partial charge in [0, 0.05) is 7.11 Å². The first kappa shape index (κ1) is 30.5. The summed E-state index contributed by atoms with van der Waals surface area (Å²) < 4.78 is 10.7. The second kappa shape index (κ2) is 19.6. The van der Waals surface area contributed by atoms with Crippen molar-refractivity contribution in [3.05, 3.63) is 29.3 Å². The fourth-order valence-electron chi connectivity index (χ4n) is 1.77. The van der Waals surface area contributed by atoms with Crippen molar-refractivity contribution >= 4 is 6.79 Å². The summed E-state index contributed by atoms with van der Waals surface area (Å²) >= 11 is 0. The van der Waals surface area contributed by atoms with Crippen molar-refractivity contribution in [2.24, 2.45) is 0 Å². The SMILES string of the molecule is C=O.COCOc1c(C(C)C)cccc1C(C)C.[Na+].[Na+].[O-][O-]. The summed E-state index contributed by atoms with van der Waals surface area (Å²) in [5.74, 6) is 1.92. The topological polar surface area (TPSA) is 81.7 Å². The number of carbonyl (C=O) groups is 1. The van der Waals surface area contributed by atoms with Gasteiger partial charge < -0.3 is 24.8 Å². The van der Waals surface area contributed by atoms with Crippen molar-refractivity contribution in [2.75, 3.05) is 13.9 Å². The van der Waals surface area contributed by atoms with Gasteiger partial charge in [-0.2, -0.15) is 0 Å². The number of benzene rings is 1. The summed E-state index contributed by atoms with van der Waals surface area (Å²) in [5, 5.41) is 14.0. The Morgan fingerprint density at radius 1 is 1.00 bits per heavy atom. The Balaban J connectivity index is -0.000000249. The molecule has 1 aromatic rings. The fourth-order valence-corrected chi connectivity index (χ4v) is 1.77. The van der Waals surface area contributed by atoms with E-state index in [0.717, 1.165) is 5.75 Å². The third-order valence-electron chi connectivity index (χ3n) is 2.64. The van der Waals surface area contributed by atoms with Gasteiger partial charge in [-0.1, -0.05) is 45.9 Å². The van der Waals surface area contributed by atoms with Gasteiger partial charge in [-0.25, -0.2) is 0 Å². The monoisotopic (exact) mass is 330 g/mol. The largest absolute Gasteiger partial charge is 1.00 e. The van der Waals surface area contributed by atoms with E-state index in [1.807, 2.05) is 6.79 Å². The van der Waals surface area contributed by atoms with Crippen LogP contribution in [0.3, 0.4) is 0 Å². The molecule has 0 atom stereocenters. The maximum absolute atomic E-state index is 8.00. The molecular weight excluding hydrogens is 306 g/mol. The number of ether oxygens (including phenoxy) is 2. The Morgan fingerprint density at radius 3 is 1.64 bits per heavy atom.